The molecule has 9 heteroatoms. The summed E-state index contributed by atoms with van der Waals surface area (Å²) in [6, 6.07) is 8.74. The normalized spacial score (nSPS) is 10.8. The zero-order valence-corrected chi connectivity index (χ0v) is 14.1. The third-order valence-electron chi connectivity index (χ3n) is 3.25. The smallest absolute Gasteiger partial charge is 0.355 e. The first kappa shape index (κ1) is 18.6. The maximum absolute atomic E-state index is 11.7. The van der Waals surface area contributed by atoms with Crippen molar-refractivity contribution < 1.29 is 24.5 Å². The first-order valence-electron chi connectivity index (χ1n) is 7.41. The van der Waals surface area contributed by atoms with Crippen LogP contribution in [0.2, 0.25) is 0 Å². The number of urea groups is 1. The number of nitrogens with one attached hydrogen (secondary N) is 2. The molecule has 2 amide bonds. The van der Waals surface area contributed by atoms with Crippen LogP contribution in [-0.2, 0) is 0 Å². The summed E-state index contributed by atoms with van der Waals surface area (Å²) in [7, 11) is 2.91. The summed E-state index contributed by atoms with van der Waals surface area (Å²) in [5, 5.41) is 27.0. The number of methoxy groups -OCH3 is 2. The molecule has 0 aliphatic rings. The Hall–Kier alpha value is -3.75. The van der Waals surface area contributed by atoms with Crippen molar-refractivity contribution in [3.05, 3.63) is 47.5 Å². The monoisotopic (exact) mass is 358 g/mol. The number of ether oxygens (including phenoxy) is 2. The fourth-order valence-corrected chi connectivity index (χ4v) is 2.02. The summed E-state index contributed by atoms with van der Waals surface area (Å²) >= 11 is 0. The highest BCUT2D eigenvalue weighted by molar-refractivity contribution is 5.89. The van der Waals surface area contributed by atoms with Gasteiger partial charge in [-0.2, -0.15) is 10.2 Å². The second kappa shape index (κ2) is 8.92. The Bertz CT molecular complexity index is 768. The van der Waals surface area contributed by atoms with Crippen LogP contribution in [0.25, 0.3) is 0 Å². The Kier molecular flexibility index (Phi) is 6.38. The van der Waals surface area contributed by atoms with Crippen molar-refractivity contribution in [3.63, 3.8) is 0 Å². The number of phenolic OH excluding ortho intramolecular Hbond substituents is 2. The molecule has 2 rings (SSSR count). The zero-order valence-electron chi connectivity index (χ0n) is 14.1. The number of carbonyl (C=O) groups is 1. The van der Waals surface area contributed by atoms with Crippen molar-refractivity contribution >= 4 is 18.5 Å². The first-order valence-corrected chi connectivity index (χ1v) is 7.41. The van der Waals surface area contributed by atoms with Crippen LogP contribution in [0, 0.1) is 0 Å². The van der Waals surface area contributed by atoms with Gasteiger partial charge in [0.25, 0.3) is 0 Å². The van der Waals surface area contributed by atoms with Crippen LogP contribution in [0.1, 0.15) is 11.1 Å². The van der Waals surface area contributed by atoms with E-state index < -0.39 is 6.03 Å². The van der Waals surface area contributed by atoms with E-state index in [2.05, 4.69) is 21.1 Å². The Balaban J connectivity index is 1.96. The van der Waals surface area contributed by atoms with Crippen molar-refractivity contribution in [2.75, 3.05) is 14.2 Å². The van der Waals surface area contributed by atoms with Gasteiger partial charge in [-0.15, -0.1) is 0 Å². The van der Waals surface area contributed by atoms with Gasteiger partial charge in [0, 0.05) is 0 Å². The maximum atomic E-state index is 11.7. The van der Waals surface area contributed by atoms with Crippen molar-refractivity contribution in [2.45, 2.75) is 0 Å². The lowest BCUT2D eigenvalue weighted by molar-refractivity contribution is 0.242. The second-order valence-corrected chi connectivity index (χ2v) is 4.86. The van der Waals surface area contributed by atoms with Crippen LogP contribution < -0.4 is 20.3 Å². The summed E-state index contributed by atoms with van der Waals surface area (Å²) in [5.74, 6) is 0.723. The highest BCUT2D eigenvalue weighted by Gasteiger charge is 2.07. The van der Waals surface area contributed by atoms with E-state index in [-0.39, 0.29) is 11.5 Å². The van der Waals surface area contributed by atoms with E-state index in [1.54, 1.807) is 24.3 Å². The molecular formula is C17H18N4O5. The summed E-state index contributed by atoms with van der Waals surface area (Å²) < 4.78 is 10.2. The van der Waals surface area contributed by atoms with Gasteiger partial charge in [-0.25, -0.2) is 15.6 Å². The van der Waals surface area contributed by atoms with E-state index in [9.17, 15) is 15.0 Å². The van der Waals surface area contributed by atoms with Gasteiger partial charge < -0.3 is 19.7 Å². The van der Waals surface area contributed by atoms with Gasteiger partial charge in [-0.1, -0.05) is 12.1 Å². The molecule has 0 atom stereocenters. The largest absolute Gasteiger partial charge is 0.507 e. The van der Waals surface area contributed by atoms with Crippen LogP contribution in [0.4, 0.5) is 4.79 Å². The minimum atomic E-state index is -0.721. The van der Waals surface area contributed by atoms with Crippen molar-refractivity contribution in [1.29, 1.82) is 0 Å². The molecular weight excluding hydrogens is 340 g/mol. The van der Waals surface area contributed by atoms with Crippen LogP contribution in [0.3, 0.4) is 0 Å². The van der Waals surface area contributed by atoms with E-state index in [0.29, 0.717) is 22.6 Å². The van der Waals surface area contributed by atoms with Gasteiger partial charge in [0.15, 0.2) is 0 Å². The minimum absolute atomic E-state index is 0.0417. The first-order chi connectivity index (χ1) is 12.6. The number of amides is 2. The van der Waals surface area contributed by atoms with Gasteiger partial charge in [0.05, 0.1) is 37.8 Å². The number of phenols is 2. The molecule has 26 heavy (non-hydrogen) atoms. The molecule has 0 spiro atoms. The highest BCUT2D eigenvalue weighted by Crippen LogP contribution is 2.25. The molecule has 2 aromatic rings. The number of hydrogen-bond donors (Lipinski definition) is 4. The molecule has 0 heterocycles. The van der Waals surface area contributed by atoms with E-state index in [1.807, 2.05) is 0 Å². The predicted octanol–water partition coefficient (Wildman–Crippen LogP) is 1.78. The van der Waals surface area contributed by atoms with Crippen LogP contribution >= 0.6 is 0 Å². The minimum Gasteiger partial charge on any atom is -0.507 e. The third-order valence-corrected chi connectivity index (χ3v) is 3.25. The van der Waals surface area contributed by atoms with Crippen molar-refractivity contribution in [3.8, 4) is 23.0 Å². The van der Waals surface area contributed by atoms with Crippen LogP contribution in [0.15, 0.2) is 46.6 Å². The molecule has 0 fully saturated rings. The quantitative estimate of drug-likeness (QED) is 0.463. The highest BCUT2D eigenvalue weighted by atomic mass is 16.5. The average Bonchev–Trinajstić information content (AvgIpc) is 2.64. The maximum Gasteiger partial charge on any atom is 0.355 e. The van der Waals surface area contributed by atoms with Crippen LogP contribution in [0.5, 0.6) is 23.0 Å². The fourth-order valence-electron chi connectivity index (χ4n) is 2.02. The molecule has 0 radical (unpaired) electrons. The Morgan fingerprint density at radius 1 is 0.885 bits per heavy atom. The predicted molar refractivity (Wildman–Crippen MR) is 96.2 cm³/mol. The molecule has 2 aromatic carbocycles. The summed E-state index contributed by atoms with van der Waals surface area (Å²) in [4.78, 5) is 11.7. The van der Waals surface area contributed by atoms with E-state index in [0.717, 1.165) is 0 Å². The summed E-state index contributed by atoms with van der Waals surface area (Å²) in [6.07, 6.45) is 2.48. The molecule has 0 saturated carbocycles. The molecule has 0 aliphatic heterocycles. The van der Waals surface area contributed by atoms with E-state index >= 15 is 0 Å². The Morgan fingerprint density at radius 2 is 1.31 bits per heavy atom. The van der Waals surface area contributed by atoms with Gasteiger partial charge in [-0.3, -0.25) is 0 Å². The van der Waals surface area contributed by atoms with E-state index in [1.165, 1.54) is 38.8 Å². The molecule has 4 N–H and O–H groups in total. The topological polar surface area (TPSA) is 125 Å². The van der Waals surface area contributed by atoms with Gasteiger partial charge >= 0.3 is 6.03 Å². The molecule has 136 valence electrons. The third kappa shape index (κ3) is 4.63. The van der Waals surface area contributed by atoms with Gasteiger partial charge in [-0.05, 0) is 24.3 Å². The van der Waals surface area contributed by atoms with Gasteiger partial charge in [0.2, 0.25) is 0 Å². The number of benzene rings is 2. The standard InChI is InChI=1S/C17H18N4O5/c1-25-15-7-3-5-13(22)11(15)9-18-20-17(24)21-19-10-12-14(23)6-4-8-16(12)26-2/h3-10,22-23H,1-2H3,(H2,20,21,24)/b18-9+,19-10+. The number of rotatable bonds is 6. The fraction of sp³-hybridized carbons (Fsp3) is 0.118. The molecule has 9 nitrogen and oxygen atoms in total. The number of carbonyl (C=O) groups excluding carboxylic acids is 1. The summed E-state index contributed by atoms with van der Waals surface area (Å²) in [6.45, 7) is 0. The summed E-state index contributed by atoms with van der Waals surface area (Å²) in [5.41, 5.74) is 5.00. The van der Waals surface area contributed by atoms with Crippen molar-refractivity contribution in [2.24, 2.45) is 10.2 Å². The van der Waals surface area contributed by atoms with Crippen molar-refractivity contribution in [1.82, 2.24) is 10.9 Å². The number of aromatic hydroxyl groups is 2. The second-order valence-electron chi connectivity index (χ2n) is 4.86. The van der Waals surface area contributed by atoms with Crippen LogP contribution in [-0.4, -0.2) is 42.9 Å². The lowest BCUT2D eigenvalue weighted by Crippen LogP contribution is -2.28. The number of hydrogen-bond acceptors (Lipinski definition) is 7. The van der Waals surface area contributed by atoms with E-state index in [4.69, 9.17) is 9.47 Å². The number of nitrogens with zero attached hydrogens (tertiary/aromatic N) is 2. The molecule has 0 bridgehead atoms. The lowest BCUT2D eigenvalue weighted by Gasteiger charge is -2.06. The number of hydrazone groups is 2. The average molecular weight is 358 g/mol. The Labute approximate surface area is 149 Å². The molecule has 0 aromatic heterocycles. The Morgan fingerprint density at radius 3 is 1.69 bits per heavy atom. The van der Waals surface area contributed by atoms with Gasteiger partial charge in [0.1, 0.15) is 23.0 Å². The zero-order chi connectivity index (χ0) is 18.9. The molecule has 0 aliphatic carbocycles. The lowest BCUT2D eigenvalue weighted by atomic mass is 10.2. The SMILES string of the molecule is COc1cccc(O)c1/C=N/NC(=O)N/N=C/c1c(O)cccc1OC. The molecule has 0 saturated heterocycles. The molecule has 0 unspecified atom stereocenters.